The summed E-state index contributed by atoms with van der Waals surface area (Å²) in [5, 5.41) is 0. The van der Waals surface area contributed by atoms with E-state index in [0.29, 0.717) is 18.2 Å². The van der Waals surface area contributed by atoms with Gasteiger partial charge >= 0.3 is 0 Å². The number of aryl methyl sites for hydroxylation is 2. The first kappa shape index (κ1) is 17.0. The summed E-state index contributed by atoms with van der Waals surface area (Å²) in [6.07, 6.45) is 0. The van der Waals surface area contributed by atoms with Gasteiger partial charge in [0.1, 0.15) is 4.90 Å². The van der Waals surface area contributed by atoms with Crippen LogP contribution >= 0.6 is 0 Å². The van der Waals surface area contributed by atoms with Gasteiger partial charge in [0, 0.05) is 6.54 Å². The molecule has 0 unspecified atom stereocenters. The van der Waals surface area contributed by atoms with Crippen LogP contribution in [0.4, 0.5) is 5.69 Å². The van der Waals surface area contributed by atoms with Crippen molar-refractivity contribution in [1.82, 2.24) is 4.72 Å². The molecular weight excluding hydrogens is 272 g/mol. The van der Waals surface area contributed by atoms with Gasteiger partial charge in [0.25, 0.3) is 0 Å². The number of hydrogen-bond acceptors (Lipinski definition) is 3. The Balaban J connectivity index is 3.04. The predicted octanol–water partition coefficient (Wildman–Crippen LogP) is 2.85. The average Bonchev–Trinajstić information content (AvgIpc) is 2.31. The van der Waals surface area contributed by atoms with Crippen LogP contribution in [0, 0.1) is 25.2 Å². The molecule has 1 rings (SSSR count). The summed E-state index contributed by atoms with van der Waals surface area (Å²) in [4.78, 5) is 0.167. The van der Waals surface area contributed by atoms with Crippen molar-refractivity contribution in [3.8, 4) is 0 Å². The van der Waals surface area contributed by atoms with Crippen LogP contribution in [0.1, 0.15) is 38.8 Å². The van der Waals surface area contributed by atoms with Gasteiger partial charge in [-0.2, -0.15) is 0 Å². The van der Waals surface area contributed by atoms with Gasteiger partial charge in [0.05, 0.1) is 5.69 Å². The number of nitrogens with two attached hydrogens (primary N) is 1. The van der Waals surface area contributed by atoms with Crippen molar-refractivity contribution in [2.45, 2.75) is 46.4 Å². The zero-order valence-corrected chi connectivity index (χ0v) is 14.1. The van der Waals surface area contributed by atoms with Gasteiger partial charge in [-0.05, 0) is 48.4 Å². The number of nitrogens with one attached hydrogen (secondary N) is 1. The average molecular weight is 298 g/mol. The zero-order valence-electron chi connectivity index (χ0n) is 13.2. The molecule has 0 aliphatic rings. The molecule has 4 nitrogen and oxygen atoms in total. The van der Waals surface area contributed by atoms with Crippen LogP contribution < -0.4 is 10.5 Å². The maximum atomic E-state index is 12.4. The van der Waals surface area contributed by atoms with E-state index in [0.717, 1.165) is 11.1 Å². The van der Waals surface area contributed by atoms with Crippen LogP contribution in [0.2, 0.25) is 0 Å². The molecule has 5 heteroatoms. The van der Waals surface area contributed by atoms with Gasteiger partial charge in [-0.15, -0.1) is 0 Å². The third-order valence-corrected chi connectivity index (χ3v) is 5.65. The Labute approximate surface area is 122 Å². The molecule has 0 aliphatic carbocycles. The van der Waals surface area contributed by atoms with E-state index in [2.05, 4.69) is 18.6 Å². The molecule has 0 spiro atoms. The van der Waals surface area contributed by atoms with Crippen molar-refractivity contribution in [2.75, 3.05) is 12.3 Å². The Bertz CT molecular complexity index is 590. The fraction of sp³-hybridized carbons (Fsp3) is 0.600. The molecule has 0 aromatic heterocycles. The Morgan fingerprint density at radius 1 is 1.20 bits per heavy atom. The maximum Gasteiger partial charge on any atom is 0.242 e. The maximum absolute atomic E-state index is 12.4. The number of rotatable bonds is 5. The van der Waals surface area contributed by atoms with E-state index in [4.69, 9.17) is 5.73 Å². The first-order valence-corrected chi connectivity index (χ1v) is 8.32. The lowest BCUT2D eigenvalue weighted by Crippen LogP contribution is -2.37. The lowest BCUT2D eigenvalue weighted by molar-refractivity contribution is 0.252. The number of nitrogen functional groups attached to an aromatic ring is 1. The molecule has 0 radical (unpaired) electrons. The van der Waals surface area contributed by atoms with Crippen molar-refractivity contribution in [3.05, 3.63) is 23.3 Å². The standard InChI is InChI=1S/C15H26N2O2S/c1-10(2)15(5,6)9-17-20(18,19)14-8-12(4)11(3)7-13(14)16/h7-8,10,17H,9,16H2,1-6H3. The van der Waals surface area contributed by atoms with Crippen molar-refractivity contribution in [3.63, 3.8) is 0 Å². The third-order valence-electron chi connectivity index (χ3n) is 4.20. The Morgan fingerprint density at radius 3 is 2.20 bits per heavy atom. The van der Waals surface area contributed by atoms with Crippen molar-refractivity contribution in [2.24, 2.45) is 11.3 Å². The first-order valence-electron chi connectivity index (χ1n) is 6.84. The van der Waals surface area contributed by atoms with Crippen LogP contribution in [-0.4, -0.2) is 15.0 Å². The highest BCUT2D eigenvalue weighted by Gasteiger charge is 2.26. The van der Waals surface area contributed by atoms with E-state index in [1.165, 1.54) is 0 Å². The smallest absolute Gasteiger partial charge is 0.242 e. The molecule has 0 saturated carbocycles. The molecule has 20 heavy (non-hydrogen) atoms. The highest BCUT2D eigenvalue weighted by atomic mass is 32.2. The van der Waals surface area contributed by atoms with Gasteiger partial charge in [-0.3, -0.25) is 0 Å². The molecular formula is C15H26N2O2S. The van der Waals surface area contributed by atoms with Crippen molar-refractivity contribution in [1.29, 1.82) is 0 Å². The van der Waals surface area contributed by atoms with Crippen LogP contribution in [0.5, 0.6) is 0 Å². The summed E-state index contributed by atoms with van der Waals surface area (Å²) in [5.74, 6) is 0.377. The van der Waals surface area contributed by atoms with Crippen LogP contribution in [0.3, 0.4) is 0 Å². The summed E-state index contributed by atoms with van der Waals surface area (Å²) >= 11 is 0. The highest BCUT2D eigenvalue weighted by molar-refractivity contribution is 7.89. The van der Waals surface area contributed by atoms with E-state index in [9.17, 15) is 8.42 Å². The fourth-order valence-corrected chi connectivity index (χ4v) is 3.03. The number of anilines is 1. The van der Waals surface area contributed by atoms with Crippen LogP contribution in [0.25, 0.3) is 0 Å². The summed E-state index contributed by atoms with van der Waals surface area (Å²) in [6.45, 7) is 12.4. The zero-order chi connectivity index (χ0) is 15.7. The highest BCUT2D eigenvalue weighted by Crippen LogP contribution is 2.27. The van der Waals surface area contributed by atoms with Crippen molar-refractivity contribution < 1.29 is 8.42 Å². The number of benzene rings is 1. The first-order chi connectivity index (χ1) is 8.97. The fourth-order valence-electron chi connectivity index (χ4n) is 1.61. The topological polar surface area (TPSA) is 72.2 Å². The Morgan fingerprint density at radius 2 is 1.70 bits per heavy atom. The molecule has 0 fully saturated rings. The van der Waals surface area contributed by atoms with Gasteiger partial charge in [-0.25, -0.2) is 13.1 Å². The van der Waals surface area contributed by atoms with Crippen LogP contribution in [0.15, 0.2) is 17.0 Å². The molecule has 0 aliphatic heterocycles. The third kappa shape index (κ3) is 3.73. The minimum absolute atomic E-state index is 0.110. The minimum atomic E-state index is -3.57. The number of sulfonamides is 1. The monoisotopic (exact) mass is 298 g/mol. The van der Waals surface area contributed by atoms with Crippen LogP contribution in [-0.2, 0) is 10.0 Å². The Hall–Kier alpha value is -1.07. The van der Waals surface area contributed by atoms with Gasteiger partial charge < -0.3 is 5.73 Å². The van der Waals surface area contributed by atoms with Gasteiger partial charge in [0.15, 0.2) is 0 Å². The second kappa shape index (κ2) is 5.74. The molecule has 0 heterocycles. The minimum Gasteiger partial charge on any atom is -0.398 e. The van der Waals surface area contributed by atoms with Crippen molar-refractivity contribution >= 4 is 15.7 Å². The summed E-state index contributed by atoms with van der Waals surface area (Å²) in [7, 11) is -3.57. The lowest BCUT2D eigenvalue weighted by atomic mass is 9.81. The second-order valence-corrected chi connectivity index (χ2v) is 8.18. The molecule has 1 aromatic carbocycles. The molecule has 0 amide bonds. The quantitative estimate of drug-likeness (QED) is 0.821. The van der Waals surface area contributed by atoms with E-state index in [-0.39, 0.29) is 10.3 Å². The summed E-state index contributed by atoms with van der Waals surface area (Å²) < 4.78 is 27.5. The summed E-state index contributed by atoms with van der Waals surface area (Å²) in [6, 6.07) is 3.34. The summed E-state index contributed by atoms with van der Waals surface area (Å²) in [5.41, 5.74) is 7.95. The normalized spacial score (nSPS) is 12.9. The van der Waals surface area contributed by atoms with Gasteiger partial charge in [0.2, 0.25) is 10.0 Å². The Kier molecular flexibility index (Phi) is 4.87. The molecule has 1 aromatic rings. The van der Waals surface area contributed by atoms with E-state index in [1.807, 2.05) is 27.7 Å². The van der Waals surface area contributed by atoms with E-state index < -0.39 is 10.0 Å². The van der Waals surface area contributed by atoms with E-state index in [1.54, 1.807) is 12.1 Å². The van der Waals surface area contributed by atoms with Gasteiger partial charge in [-0.1, -0.05) is 27.7 Å². The molecule has 114 valence electrons. The van der Waals surface area contributed by atoms with E-state index >= 15 is 0 Å². The predicted molar refractivity (Wildman–Crippen MR) is 84.1 cm³/mol. The largest absolute Gasteiger partial charge is 0.398 e. The molecule has 0 atom stereocenters. The SMILES string of the molecule is Cc1cc(N)c(S(=O)(=O)NCC(C)(C)C(C)C)cc1C. The molecule has 0 saturated heterocycles. The molecule has 3 N–H and O–H groups in total. The second-order valence-electron chi connectivity index (χ2n) is 6.44. The lowest BCUT2D eigenvalue weighted by Gasteiger charge is -2.29. The molecule has 0 bridgehead atoms. The number of hydrogen-bond donors (Lipinski definition) is 2.